The molecular weight excluding hydrogens is 466 g/mol. The number of rotatable bonds is 5. The Balaban J connectivity index is 1.29. The maximum Gasteiger partial charge on any atom is 0.275 e. The predicted molar refractivity (Wildman–Crippen MR) is 127 cm³/mol. The molecule has 1 N–H and O–H groups in total. The Morgan fingerprint density at radius 3 is 2.56 bits per heavy atom. The molecule has 0 radical (unpaired) electrons. The molecule has 1 aliphatic carbocycles. The van der Waals surface area contributed by atoms with Gasteiger partial charge in [-0.2, -0.15) is 10.2 Å². The number of carbonyl (C=O) groups is 1. The Labute approximate surface area is 205 Å². The first kappa shape index (κ1) is 22.4. The van der Waals surface area contributed by atoms with Gasteiger partial charge < -0.3 is 10.2 Å². The minimum absolute atomic E-state index is 0.113. The van der Waals surface area contributed by atoms with E-state index in [1.165, 1.54) is 11.0 Å². The molecule has 2 atom stereocenters. The van der Waals surface area contributed by atoms with Crippen LogP contribution in [0.4, 0.5) is 14.6 Å². The molecule has 11 heteroatoms. The van der Waals surface area contributed by atoms with E-state index in [2.05, 4.69) is 37.4 Å². The van der Waals surface area contributed by atoms with Crippen molar-refractivity contribution in [1.82, 2.24) is 34.8 Å². The molecule has 2 saturated heterocycles. The third-order valence-corrected chi connectivity index (χ3v) is 7.41. The van der Waals surface area contributed by atoms with Crippen molar-refractivity contribution >= 4 is 22.8 Å². The Bertz CT molecular complexity index is 1450. The first-order valence-corrected chi connectivity index (χ1v) is 11.9. The summed E-state index contributed by atoms with van der Waals surface area (Å²) < 4.78 is 27.2. The summed E-state index contributed by atoms with van der Waals surface area (Å²) in [4.78, 5) is 30.5. The molecule has 7 rings (SSSR count). The number of benzene rings is 1. The maximum absolute atomic E-state index is 14.0. The molecule has 2 aliphatic heterocycles. The van der Waals surface area contributed by atoms with Gasteiger partial charge in [0.1, 0.15) is 11.5 Å². The molecule has 3 aromatic heterocycles. The second kappa shape index (κ2) is 8.58. The lowest BCUT2D eigenvalue weighted by Crippen LogP contribution is -2.64. The van der Waals surface area contributed by atoms with E-state index in [0.29, 0.717) is 29.7 Å². The molecule has 2 unspecified atom stereocenters. The topological polar surface area (TPSA) is 102 Å². The van der Waals surface area contributed by atoms with E-state index >= 15 is 0 Å². The minimum atomic E-state index is -0.972. The zero-order valence-electron chi connectivity index (χ0n) is 19.8. The number of piperidine rings is 2. The fraction of sp³-hybridized carbons (Fsp3) is 0.360. The van der Waals surface area contributed by atoms with E-state index in [1.54, 1.807) is 12.4 Å². The van der Waals surface area contributed by atoms with E-state index in [4.69, 9.17) is 0 Å². The molecule has 2 bridgehead atoms. The van der Waals surface area contributed by atoms with Crippen molar-refractivity contribution in [3.63, 3.8) is 0 Å². The average Bonchev–Trinajstić information content (AvgIpc) is 3.37. The van der Waals surface area contributed by atoms with E-state index in [1.807, 2.05) is 24.0 Å². The van der Waals surface area contributed by atoms with Crippen molar-refractivity contribution in [2.24, 2.45) is 11.8 Å². The van der Waals surface area contributed by atoms with Gasteiger partial charge in [-0.15, -0.1) is 4.80 Å². The summed E-state index contributed by atoms with van der Waals surface area (Å²) in [7, 11) is 0. The molecule has 0 spiro atoms. The van der Waals surface area contributed by atoms with E-state index in [-0.39, 0.29) is 34.9 Å². The van der Waals surface area contributed by atoms with Gasteiger partial charge in [-0.05, 0) is 43.7 Å². The smallest absolute Gasteiger partial charge is 0.275 e. The van der Waals surface area contributed by atoms with Crippen molar-refractivity contribution in [2.45, 2.75) is 38.8 Å². The monoisotopic (exact) mass is 490 g/mol. The number of hydrogen-bond donors (Lipinski definition) is 1. The Morgan fingerprint density at radius 1 is 1.08 bits per heavy atom. The minimum Gasteiger partial charge on any atom is -0.367 e. The lowest BCUT2D eigenvalue weighted by Gasteiger charge is -2.57. The maximum atomic E-state index is 14.0. The lowest BCUT2D eigenvalue weighted by atomic mass is 9.64. The second-order valence-corrected chi connectivity index (χ2v) is 9.55. The number of amides is 1. The van der Waals surface area contributed by atoms with Gasteiger partial charge in [-0.3, -0.25) is 9.78 Å². The van der Waals surface area contributed by atoms with Crippen LogP contribution in [0.3, 0.4) is 0 Å². The average molecular weight is 491 g/mol. The van der Waals surface area contributed by atoms with Gasteiger partial charge in [-0.1, -0.05) is 6.92 Å². The quantitative estimate of drug-likeness (QED) is 0.457. The van der Waals surface area contributed by atoms with Gasteiger partial charge in [0.05, 0.1) is 35.7 Å². The van der Waals surface area contributed by atoms with E-state index in [0.717, 1.165) is 30.7 Å². The summed E-state index contributed by atoms with van der Waals surface area (Å²) in [5, 5.41) is 11.7. The van der Waals surface area contributed by atoms with Gasteiger partial charge in [0.25, 0.3) is 5.91 Å². The predicted octanol–water partition coefficient (Wildman–Crippen LogP) is 3.54. The number of nitrogens with zero attached hydrogens (tertiary/aromatic N) is 7. The Kier molecular flexibility index (Phi) is 5.35. The van der Waals surface area contributed by atoms with Crippen LogP contribution in [-0.4, -0.2) is 59.4 Å². The van der Waals surface area contributed by atoms with Gasteiger partial charge >= 0.3 is 0 Å². The van der Waals surface area contributed by atoms with Crippen LogP contribution in [0.15, 0.2) is 42.9 Å². The number of pyridine rings is 1. The van der Waals surface area contributed by atoms with Crippen molar-refractivity contribution in [3.05, 3.63) is 65.9 Å². The summed E-state index contributed by atoms with van der Waals surface area (Å²) in [6, 6.07) is 5.72. The second-order valence-electron chi connectivity index (χ2n) is 9.55. The highest BCUT2D eigenvalue weighted by atomic mass is 19.2. The molecule has 184 valence electrons. The largest absolute Gasteiger partial charge is 0.367 e. The van der Waals surface area contributed by atoms with Crippen LogP contribution in [0.5, 0.6) is 0 Å². The summed E-state index contributed by atoms with van der Waals surface area (Å²) in [5.41, 5.74) is 2.11. The first-order chi connectivity index (χ1) is 17.4. The lowest BCUT2D eigenvalue weighted by molar-refractivity contribution is -0.0505. The van der Waals surface area contributed by atoms with Gasteiger partial charge in [0.2, 0.25) is 0 Å². The highest BCUT2D eigenvalue weighted by molar-refractivity contribution is 5.96. The third kappa shape index (κ3) is 3.75. The molecule has 1 amide bonds. The zero-order chi connectivity index (χ0) is 25.0. The summed E-state index contributed by atoms with van der Waals surface area (Å²) in [6.07, 6.45) is 6.54. The fourth-order valence-electron chi connectivity index (χ4n) is 5.36. The number of carbonyl (C=O) groups excluding carboxylic acids is 1. The number of hydrogen-bond acceptors (Lipinski definition) is 7. The molecule has 4 aromatic rings. The number of aromatic nitrogens is 6. The standard InChI is InChI=1S/C25H24F2N8O/c1-13-3-4-21(35-30-5-6-31-35)24(32-13)25(36)34-16-7-15(8-16)14(2)22(34)11-29-23-12-28-19-9-17(26)18(27)10-20(19)33-23/h3-6,9-10,12,14-16,22H,7-8,11H2,1-2H3,(H,29,33). The highest BCUT2D eigenvalue weighted by Gasteiger charge is 2.51. The fourth-order valence-corrected chi connectivity index (χ4v) is 5.36. The molecular formula is C25H24F2N8O. The molecule has 36 heavy (non-hydrogen) atoms. The highest BCUT2D eigenvalue weighted by Crippen LogP contribution is 2.47. The van der Waals surface area contributed by atoms with Crippen LogP contribution in [0, 0.1) is 30.4 Å². The molecule has 1 saturated carbocycles. The van der Waals surface area contributed by atoms with Crippen LogP contribution >= 0.6 is 0 Å². The third-order valence-electron chi connectivity index (χ3n) is 7.41. The van der Waals surface area contributed by atoms with Crippen molar-refractivity contribution in [3.8, 4) is 5.69 Å². The van der Waals surface area contributed by atoms with Crippen LogP contribution in [0.25, 0.3) is 16.7 Å². The van der Waals surface area contributed by atoms with Gasteiger partial charge in [0.15, 0.2) is 17.3 Å². The van der Waals surface area contributed by atoms with Crippen LogP contribution in [-0.2, 0) is 0 Å². The van der Waals surface area contributed by atoms with E-state index in [9.17, 15) is 13.6 Å². The Hall–Kier alpha value is -4.02. The molecule has 1 aromatic carbocycles. The number of halogens is 2. The van der Waals surface area contributed by atoms with Crippen molar-refractivity contribution in [2.75, 3.05) is 11.9 Å². The molecule has 3 fully saturated rings. The normalized spacial score (nSPS) is 22.9. The summed E-state index contributed by atoms with van der Waals surface area (Å²) in [6.45, 7) is 4.45. The van der Waals surface area contributed by atoms with Crippen molar-refractivity contribution < 1.29 is 13.6 Å². The molecule has 9 nitrogen and oxygen atoms in total. The van der Waals surface area contributed by atoms with Gasteiger partial charge in [-0.25, -0.2) is 18.7 Å². The van der Waals surface area contributed by atoms with Crippen LogP contribution in [0.2, 0.25) is 0 Å². The van der Waals surface area contributed by atoms with Crippen molar-refractivity contribution in [1.29, 1.82) is 0 Å². The van der Waals surface area contributed by atoms with Crippen LogP contribution in [0.1, 0.15) is 35.9 Å². The first-order valence-electron chi connectivity index (χ1n) is 11.9. The summed E-state index contributed by atoms with van der Waals surface area (Å²) in [5.74, 6) is -0.862. The SMILES string of the molecule is Cc1ccc(-n2nccn2)c(C(=O)N2C3CC(C3)C(C)C2CNc2cnc3cc(F)c(F)cc3n2)n1. The molecule has 5 heterocycles. The number of aryl methyl sites for hydroxylation is 1. The summed E-state index contributed by atoms with van der Waals surface area (Å²) >= 11 is 0. The Morgan fingerprint density at radius 2 is 1.81 bits per heavy atom. The van der Waals surface area contributed by atoms with Gasteiger partial charge in [0, 0.05) is 30.4 Å². The van der Waals surface area contributed by atoms with E-state index < -0.39 is 11.6 Å². The number of fused-ring (bicyclic) bond motifs is 3. The van der Waals surface area contributed by atoms with Crippen LogP contribution < -0.4 is 5.32 Å². The number of anilines is 1. The molecule has 3 aliphatic rings. The number of nitrogens with one attached hydrogen (secondary N) is 1. The zero-order valence-corrected chi connectivity index (χ0v) is 19.8.